The minimum atomic E-state index is -1.42. The second-order valence-corrected chi connectivity index (χ2v) is 9.50. The van der Waals surface area contributed by atoms with Crippen LogP contribution in [0.2, 0.25) is 0 Å². The average Bonchev–Trinajstić information content (AvgIpc) is 2.72. The second-order valence-electron chi connectivity index (χ2n) is 9.50. The highest BCUT2D eigenvalue weighted by Gasteiger charge is 2.33. The van der Waals surface area contributed by atoms with Crippen molar-refractivity contribution in [3.8, 4) is 0 Å². The maximum absolute atomic E-state index is 13.0. The number of carbonyl (C=O) groups excluding carboxylic acids is 3. The number of nitrogens with one attached hydrogen (secondary N) is 3. The molecule has 0 fully saturated rings. The van der Waals surface area contributed by atoms with Crippen LogP contribution >= 0.6 is 0 Å². The minimum Gasteiger partial charge on any atom is -0.480 e. The smallest absolute Gasteiger partial charge is 0.326 e. The Labute approximate surface area is 206 Å². The molecule has 202 valence electrons. The molecule has 5 atom stereocenters. The number of nitrogens with zero attached hydrogens (tertiary/aromatic N) is 1. The molecule has 35 heavy (non-hydrogen) atoms. The second kappa shape index (κ2) is 15.9. The molecule has 13 nitrogen and oxygen atoms in total. The van der Waals surface area contributed by atoms with Gasteiger partial charge >= 0.3 is 5.97 Å². The lowest BCUT2D eigenvalue weighted by molar-refractivity contribution is -0.143. The van der Waals surface area contributed by atoms with Crippen LogP contribution in [-0.4, -0.2) is 76.7 Å². The van der Waals surface area contributed by atoms with Gasteiger partial charge in [-0.3, -0.25) is 19.4 Å². The van der Waals surface area contributed by atoms with Crippen LogP contribution in [0.3, 0.4) is 0 Å². The summed E-state index contributed by atoms with van der Waals surface area (Å²) < 4.78 is 0. The largest absolute Gasteiger partial charge is 0.480 e. The predicted octanol–water partition coefficient (Wildman–Crippen LogP) is -1.62. The molecule has 0 heterocycles. The number of hydrogen-bond donors (Lipinski definition) is 8. The van der Waals surface area contributed by atoms with Gasteiger partial charge in [0.25, 0.3) is 0 Å². The van der Waals surface area contributed by atoms with Crippen LogP contribution in [0, 0.1) is 11.8 Å². The highest BCUT2D eigenvalue weighted by atomic mass is 16.4. The maximum Gasteiger partial charge on any atom is 0.326 e. The number of aliphatic hydroxyl groups is 1. The highest BCUT2D eigenvalue weighted by molar-refractivity contribution is 5.94. The average molecular weight is 502 g/mol. The van der Waals surface area contributed by atoms with Gasteiger partial charge in [0.05, 0.1) is 12.1 Å². The fourth-order valence-corrected chi connectivity index (χ4v) is 3.25. The SMILES string of the molecule is CC(C)CC(NC(=O)C(NC(=O)C(CC(C)C)NC(=O)C(N)CCCN=C(N)N)C(C)O)C(=O)O. The van der Waals surface area contributed by atoms with Crippen molar-refractivity contribution in [3.63, 3.8) is 0 Å². The van der Waals surface area contributed by atoms with Gasteiger partial charge in [-0.25, -0.2) is 4.79 Å². The van der Waals surface area contributed by atoms with Crippen molar-refractivity contribution in [1.82, 2.24) is 16.0 Å². The molecule has 0 aromatic carbocycles. The molecule has 3 amide bonds. The third-order valence-electron chi connectivity index (χ3n) is 5.03. The number of aliphatic imine (C=N–C) groups is 1. The van der Waals surface area contributed by atoms with Gasteiger partial charge < -0.3 is 43.4 Å². The van der Waals surface area contributed by atoms with Crippen LogP contribution in [-0.2, 0) is 19.2 Å². The quantitative estimate of drug-likeness (QED) is 0.0688. The molecule has 13 heteroatoms. The summed E-state index contributed by atoms with van der Waals surface area (Å²) in [4.78, 5) is 53.5. The molecule has 0 aromatic heterocycles. The molecule has 5 unspecified atom stereocenters. The van der Waals surface area contributed by atoms with Crippen LogP contribution in [0.15, 0.2) is 4.99 Å². The number of guanidine groups is 1. The first-order valence-corrected chi connectivity index (χ1v) is 11.8. The Morgan fingerprint density at radius 1 is 0.829 bits per heavy atom. The fourth-order valence-electron chi connectivity index (χ4n) is 3.25. The van der Waals surface area contributed by atoms with Crippen LogP contribution in [0.4, 0.5) is 0 Å². The van der Waals surface area contributed by atoms with Gasteiger partial charge in [-0.05, 0) is 44.4 Å². The van der Waals surface area contributed by atoms with E-state index in [0.29, 0.717) is 13.0 Å². The first kappa shape index (κ1) is 32.1. The van der Waals surface area contributed by atoms with E-state index in [1.165, 1.54) is 6.92 Å². The Morgan fingerprint density at radius 3 is 1.80 bits per heavy atom. The van der Waals surface area contributed by atoms with E-state index in [1.807, 2.05) is 13.8 Å². The van der Waals surface area contributed by atoms with Gasteiger partial charge in [0.1, 0.15) is 18.1 Å². The molecule has 0 saturated carbocycles. The summed E-state index contributed by atoms with van der Waals surface area (Å²) in [7, 11) is 0. The zero-order valence-corrected chi connectivity index (χ0v) is 21.3. The van der Waals surface area contributed by atoms with Crippen molar-refractivity contribution in [2.45, 2.75) is 90.6 Å². The van der Waals surface area contributed by atoms with E-state index < -0.39 is 54.0 Å². The number of rotatable bonds is 16. The van der Waals surface area contributed by atoms with Crippen molar-refractivity contribution in [1.29, 1.82) is 0 Å². The zero-order valence-electron chi connectivity index (χ0n) is 21.3. The molecule has 0 aromatic rings. The van der Waals surface area contributed by atoms with Crippen LogP contribution < -0.4 is 33.2 Å². The van der Waals surface area contributed by atoms with Crippen molar-refractivity contribution < 1.29 is 29.4 Å². The molecule has 0 radical (unpaired) electrons. The lowest BCUT2D eigenvalue weighted by Gasteiger charge is -2.27. The third kappa shape index (κ3) is 13.5. The molecule has 11 N–H and O–H groups in total. The zero-order chi connectivity index (χ0) is 27.3. The van der Waals surface area contributed by atoms with Gasteiger partial charge in [0.15, 0.2) is 5.96 Å². The van der Waals surface area contributed by atoms with Gasteiger partial charge in [0.2, 0.25) is 17.7 Å². The molecule has 0 rings (SSSR count). The van der Waals surface area contributed by atoms with Crippen molar-refractivity contribution >= 4 is 29.7 Å². The van der Waals surface area contributed by atoms with E-state index in [2.05, 4.69) is 20.9 Å². The molecule has 0 saturated heterocycles. The minimum absolute atomic E-state index is 0.00500. The molecule has 0 aliphatic heterocycles. The normalized spacial score (nSPS) is 15.5. The molecule has 0 aliphatic rings. The van der Waals surface area contributed by atoms with E-state index in [9.17, 15) is 29.4 Å². The number of carboxylic acid groups (broad SMARTS) is 1. The lowest BCUT2D eigenvalue weighted by Crippen LogP contribution is -2.60. The van der Waals surface area contributed by atoms with Crippen LogP contribution in [0.25, 0.3) is 0 Å². The van der Waals surface area contributed by atoms with Crippen LogP contribution in [0.5, 0.6) is 0 Å². The number of amides is 3. The van der Waals surface area contributed by atoms with Gasteiger partial charge in [-0.15, -0.1) is 0 Å². The first-order valence-electron chi connectivity index (χ1n) is 11.8. The van der Waals surface area contributed by atoms with Gasteiger partial charge in [0, 0.05) is 6.54 Å². The summed E-state index contributed by atoms with van der Waals surface area (Å²) in [5.74, 6) is -3.38. The standard InChI is InChI=1S/C22H43N7O6/c1-11(2)9-15(27-18(31)14(23)7-6-8-26-22(24)25)19(32)29-17(13(5)30)20(33)28-16(21(34)35)10-12(3)4/h11-17,30H,6-10,23H2,1-5H3,(H,27,31)(H,28,33)(H,29,32)(H,34,35)(H4,24,25,26). The van der Waals surface area contributed by atoms with E-state index in [4.69, 9.17) is 17.2 Å². The number of aliphatic carboxylic acids is 1. The van der Waals surface area contributed by atoms with Gasteiger partial charge in [-0.1, -0.05) is 27.7 Å². The summed E-state index contributed by atoms with van der Waals surface area (Å²) >= 11 is 0. The lowest BCUT2D eigenvalue weighted by atomic mass is 10.0. The summed E-state index contributed by atoms with van der Waals surface area (Å²) in [6, 6.07) is -4.53. The third-order valence-corrected chi connectivity index (χ3v) is 5.03. The molecule has 0 bridgehead atoms. The summed E-state index contributed by atoms with van der Waals surface area (Å²) in [6.07, 6.45) is -0.157. The first-order chi connectivity index (χ1) is 16.1. The summed E-state index contributed by atoms with van der Waals surface area (Å²) in [5.41, 5.74) is 16.4. The Kier molecular flexibility index (Phi) is 14.5. The molecular weight excluding hydrogens is 458 g/mol. The van der Waals surface area contributed by atoms with Crippen molar-refractivity contribution in [2.75, 3.05) is 6.54 Å². The van der Waals surface area contributed by atoms with Crippen molar-refractivity contribution in [3.05, 3.63) is 0 Å². The number of nitrogens with two attached hydrogens (primary N) is 3. The summed E-state index contributed by atoms with van der Waals surface area (Å²) in [6.45, 7) is 8.92. The van der Waals surface area contributed by atoms with Crippen LogP contribution in [0.1, 0.15) is 60.3 Å². The Bertz CT molecular complexity index is 738. The summed E-state index contributed by atoms with van der Waals surface area (Å²) in [5, 5.41) is 26.9. The molecule has 0 aliphatic carbocycles. The number of carbonyl (C=O) groups is 4. The van der Waals surface area contributed by atoms with E-state index >= 15 is 0 Å². The molecular formula is C22H43N7O6. The topological polar surface area (TPSA) is 235 Å². The Balaban J connectivity index is 5.32. The number of carboxylic acids is 1. The number of aliphatic hydroxyl groups excluding tert-OH is 1. The van der Waals surface area contributed by atoms with Gasteiger partial charge in [-0.2, -0.15) is 0 Å². The fraction of sp³-hybridized carbons (Fsp3) is 0.773. The maximum atomic E-state index is 13.0. The van der Waals surface area contributed by atoms with E-state index in [1.54, 1.807) is 13.8 Å². The van der Waals surface area contributed by atoms with E-state index in [-0.39, 0.29) is 37.1 Å². The Hall–Kier alpha value is -2.93. The van der Waals surface area contributed by atoms with E-state index in [0.717, 1.165) is 0 Å². The monoisotopic (exact) mass is 501 g/mol. The highest BCUT2D eigenvalue weighted by Crippen LogP contribution is 2.09. The van der Waals surface area contributed by atoms with Crippen molar-refractivity contribution in [2.24, 2.45) is 34.0 Å². The number of hydrogen-bond acceptors (Lipinski definition) is 7. The molecule has 0 spiro atoms. The predicted molar refractivity (Wildman–Crippen MR) is 132 cm³/mol. The Morgan fingerprint density at radius 2 is 1.34 bits per heavy atom.